The standard InChI is InChI=1S/C21H17N3O2/c1-14-23-17-9-4-3-8-16(17)21(25)24(14)18-10-5-11-19(26-2)20(18)15-7-6-12-22-13-15/h3-13H,1-2H3. The third-order valence-electron chi connectivity index (χ3n) is 4.36. The van der Waals surface area contributed by atoms with E-state index in [9.17, 15) is 4.79 Å². The summed E-state index contributed by atoms with van der Waals surface area (Å²) in [6, 6.07) is 16.8. The lowest BCUT2D eigenvalue weighted by Gasteiger charge is -2.17. The Kier molecular flexibility index (Phi) is 3.97. The van der Waals surface area contributed by atoms with Gasteiger partial charge in [-0.05, 0) is 37.3 Å². The van der Waals surface area contributed by atoms with Crippen molar-refractivity contribution < 1.29 is 4.74 Å². The molecule has 0 aliphatic rings. The molecule has 4 rings (SSSR count). The van der Waals surface area contributed by atoms with Crippen LogP contribution in [0.2, 0.25) is 0 Å². The van der Waals surface area contributed by atoms with Gasteiger partial charge in [-0.1, -0.05) is 24.3 Å². The van der Waals surface area contributed by atoms with Crippen LogP contribution in [0.1, 0.15) is 5.82 Å². The number of pyridine rings is 1. The fourth-order valence-corrected chi connectivity index (χ4v) is 3.20. The summed E-state index contributed by atoms with van der Waals surface area (Å²) in [5, 5.41) is 0.582. The normalized spacial score (nSPS) is 10.8. The van der Waals surface area contributed by atoms with Crippen LogP contribution in [0.5, 0.6) is 5.75 Å². The van der Waals surface area contributed by atoms with E-state index in [4.69, 9.17) is 4.74 Å². The molecular weight excluding hydrogens is 326 g/mol. The second-order valence-corrected chi connectivity index (χ2v) is 5.91. The largest absolute Gasteiger partial charge is 0.496 e. The first-order chi connectivity index (χ1) is 12.7. The third-order valence-corrected chi connectivity index (χ3v) is 4.36. The zero-order valence-corrected chi connectivity index (χ0v) is 14.5. The molecule has 0 fully saturated rings. The van der Waals surface area contributed by atoms with Crippen LogP contribution in [0.15, 0.2) is 71.8 Å². The van der Waals surface area contributed by atoms with Gasteiger partial charge in [-0.25, -0.2) is 4.98 Å². The number of hydrogen-bond acceptors (Lipinski definition) is 4. The van der Waals surface area contributed by atoms with E-state index in [0.29, 0.717) is 22.5 Å². The summed E-state index contributed by atoms with van der Waals surface area (Å²) < 4.78 is 7.20. The van der Waals surface area contributed by atoms with Gasteiger partial charge in [0.05, 0.1) is 23.7 Å². The Hall–Kier alpha value is -3.47. The molecule has 0 amide bonds. The maximum absolute atomic E-state index is 13.2. The fraction of sp³-hybridized carbons (Fsp3) is 0.0952. The van der Waals surface area contributed by atoms with E-state index in [2.05, 4.69) is 9.97 Å². The van der Waals surface area contributed by atoms with Crippen LogP contribution in [0.3, 0.4) is 0 Å². The predicted molar refractivity (Wildman–Crippen MR) is 102 cm³/mol. The Bertz CT molecular complexity index is 1150. The van der Waals surface area contributed by atoms with Crippen molar-refractivity contribution in [2.75, 3.05) is 7.11 Å². The number of ether oxygens (including phenoxy) is 1. The van der Waals surface area contributed by atoms with Crippen LogP contribution >= 0.6 is 0 Å². The first-order valence-electron chi connectivity index (χ1n) is 8.27. The molecule has 26 heavy (non-hydrogen) atoms. The summed E-state index contributed by atoms with van der Waals surface area (Å²) in [7, 11) is 1.62. The van der Waals surface area contributed by atoms with Crippen molar-refractivity contribution in [2.24, 2.45) is 0 Å². The highest BCUT2D eigenvalue weighted by atomic mass is 16.5. The molecule has 2 heterocycles. The summed E-state index contributed by atoms with van der Waals surface area (Å²) in [5.41, 5.74) is 2.99. The van der Waals surface area contributed by atoms with Crippen LogP contribution in [0.25, 0.3) is 27.7 Å². The summed E-state index contributed by atoms with van der Waals surface area (Å²) in [6.07, 6.45) is 3.48. The number of benzene rings is 2. The molecule has 0 bridgehead atoms. The van der Waals surface area contributed by atoms with Gasteiger partial charge in [-0.15, -0.1) is 0 Å². The number of nitrogens with zero attached hydrogens (tertiary/aromatic N) is 3. The Balaban J connectivity index is 2.10. The smallest absolute Gasteiger partial charge is 0.265 e. The molecule has 5 heteroatoms. The molecular formula is C21H17N3O2. The van der Waals surface area contributed by atoms with Gasteiger partial charge in [0.2, 0.25) is 0 Å². The van der Waals surface area contributed by atoms with E-state index in [1.54, 1.807) is 30.1 Å². The molecule has 128 valence electrons. The molecule has 0 unspecified atom stereocenters. The Morgan fingerprint density at radius 2 is 1.85 bits per heavy atom. The van der Waals surface area contributed by atoms with Crippen molar-refractivity contribution in [3.8, 4) is 22.6 Å². The molecule has 2 aromatic heterocycles. The minimum Gasteiger partial charge on any atom is -0.496 e. The molecule has 0 saturated heterocycles. The van der Waals surface area contributed by atoms with Gasteiger partial charge in [-0.2, -0.15) is 0 Å². The first-order valence-corrected chi connectivity index (χ1v) is 8.27. The number of aryl methyl sites for hydroxylation is 1. The lowest BCUT2D eigenvalue weighted by Crippen LogP contribution is -2.23. The number of aromatic nitrogens is 3. The molecule has 0 saturated carbocycles. The number of methoxy groups -OCH3 is 1. The highest BCUT2D eigenvalue weighted by molar-refractivity contribution is 5.81. The van der Waals surface area contributed by atoms with Gasteiger partial charge < -0.3 is 4.74 Å². The van der Waals surface area contributed by atoms with Crippen LogP contribution in [-0.2, 0) is 0 Å². The second-order valence-electron chi connectivity index (χ2n) is 5.91. The molecule has 0 N–H and O–H groups in total. The van der Waals surface area contributed by atoms with Gasteiger partial charge in [0.1, 0.15) is 11.6 Å². The summed E-state index contributed by atoms with van der Waals surface area (Å²) in [4.78, 5) is 22.0. The van der Waals surface area contributed by atoms with Gasteiger partial charge in [0, 0.05) is 23.5 Å². The monoisotopic (exact) mass is 343 g/mol. The van der Waals surface area contributed by atoms with Crippen LogP contribution in [0.4, 0.5) is 0 Å². The minimum atomic E-state index is -0.105. The van der Waals surface area contributed by atoms with E-state index in [0.717, 1.165) is 16.8 Å². The van der Waals surface area contributed by atoms with E-state index >= 15 is 0 Å². The molecule has 0 atom stereocenters. The average molecular weight is 343 g/mol. The number of rotatable bonds is 3. The molecule has 0 aliphatic heterocycles. The Morgan fingerprint density at radius 1 is 1.00 bits per heavy atom. The Labute approximate surface area is 150 Å². The maximum atomic E-state index is 13.2. The molecule has 2 aromatic carbocycles. The van der Waals surface area contributed by atoms with Gasteiger partial charge in [-0.3, -0.25) is 14.3 Å². The lowest BCUT2D eigenvalue weighted by molar-refractivity contribution is 0.416. The van der Waals surface area contributed by atoms with E-state index in [-0.39, 0.29) is 5.56 Å². The SMILES string of the molecule is COc1cccc(-n2c(C)nc3ccccc3c2=O)c1-c1cccnc1. The molecule has 0 spiro atoms. The molecule has 4 aromatic rings. The summed E-state index contributed by atoms with van der Waals surface area (Å²) >= 11 is 0. The van der Waals surface area contributed by atoms with E-state index in [1.807, 2.05) is 55.5 Å². The van der Waals surface area contributed by atoms with Crippen LogP contribution in [0, 0.1) is 6.92 Å². The molecule has 0 aliphatic carbocycles. The van der Waals surface area contributed by atoms with Gasteiger partial charge >= 0.3 is 0 Å². The van der Waals surface area contributed by atoms with Crippen LogP contribution in [-0.4, -0.2) is 21.6 Å². The van der Waals surface area contributed by atoms with Crippen molar-refractivity contribution in [3.05, 3.63) is 83.2 Å². The van der Waals surface area contributed by atoms with E-state index in [1.165, 1.54) is 0 Å². The van der Waals surface area contributed by atoms with Crippen molar-refractivity contribution in [2.45, 2.75) is 6.92 Å². The zero-order chi connectivity index (χ0) is 18.1. The molecule has 5 nitrogen and oxygen atoms in total. The highest BCUT2D eigenvalue weighted by Gasteiger charge is 2.17. The van der Waals surface area contributed by atoms with E-state index < -0.39 is 0 Å². The Morgan fingerprint density at radius 3 is 2.62 bits per heavy atom. The van der Waals surface area contributed by atoms with Crippen molar-refractivity contribution in [1.82, 2.24) is 14.5 Å². The van der Waals surface area contributed by atoms with Gasteiger partial charge in [0.15, 0.2) is 0 Å². The number of fused-ring (bicyclic) bond motifs is 1. The highest BCUT2D eigenvalue weighted by Crippen LogP contribution is 2.35. The first kappa shape index (κ1) is 16.0. The van der Waals surface area contributed by atoms with Crippen molar-refractivity contribution in [3.63, 3.8) is 0 Å². The zero-order valence-electron chi connectivity index (χ0n) is 14.5. The number of hydrogen-bond donors (Lipinski definition) is 0. The maximum Gasteiger partial charge on any atom is 0.265 e. The number of para-hydroxylation sites is 1. The van der Waals surface area contributed by atoms with Crippen LogP contribution < -0.4 is 10.3 Å². The summed E-state index contributed by atoms with van der Waals surface area (Å²) in [5.74, 6) is 1.29. The predicted octanol–water partition coefficient (Wildman–Crippen LogP) is 3.76. The minimum absolute atomic E-state index is 0.105. The summed E-state index contributed by atoms with van der Waals surface area (Å²) in [6.45, 7) is 1.83. The van der Waals surface area contributed by atoms with Crippen molar-refractivity contribution >= 4 is 10.9 Å². The average Bonchev–Trinajstić information content (AvgIpc) is 2.68. The fourth-order valence-electron chi connectivity index (χ4n) is 3.20. The topological polar surface area (TPSA) is 57.0 Å². The third kappa shape index (κ3) is 2.54. The van der Waals surface area contributed by atoms with Crippen molar-refractivity contribution in [1.29, 1.82) is 0 Å². The molecule has 0 radical (unpaired) electrons. The second kappa shape index (κ2) is 6.44. The van der Waals surface area contributed by atoms with Gasteiger partial charge in [0.25, 0.3) is 5.56 Å². The quantitative estimate of drug-likeness (QED) is 0.568. The lowest BCUT2D eigenvalue weighted by atomic mass is 10.0.